The third-order valence-electron chi connectivity index (χ3n) is 2.85. The number of carbonyl (C=O) groups is 1. The fourth-order valence-corrected chi connectivity index (χ4v) is 1.53. The molecule has 0 saturated carbocycles. The van der Waals surface area contributed by atoms with Crippen molar-refractivity contribution in [2.45, 2.75) is 53.6 Å². The smallest absolute Gasteiger partial charge is 0.236 e. The van der Waals surface area contributed by atoms with Gasteiger partial charge in [-0.2, -0.15) is 0 Å². The fourth-order valence-electron chi connectivity index (χ4n) is 1.53. The Morgan fingerprint density at radius 1 is 1.17 bits per heavy atom. The monoisotopic (exact) mass is 258 g/mol. The zero-order chi connectivity index (χ0) is 14.1. The number of ether oxygens (including phenoxy) is 1. The van der Waals surface area contributed by atoms with E-state index in [4.69, 9.17) is 4.74 Å². The molecule has 108 valence electrons. The molecule has 2 atom stereocenters. The number of carbonyl (C=O) groups excluding carboxylic acids is 1. The van der Waals surface area contributed by atoms with Gasteiger partial charge >= 0.3 is 0 Å². The van der Waals surface area contributed by atoms with Crippen LogP contribution in [0.1, 0.15) is 41.5 Å². The van der Waals surface area contributed by atoms with Crippen LogP contribution in [0.25, 0.3) is 0 Å². The van der Waals surface area contributed by atoms with Crippen molar-refractivity contribution < 1.29 is 9.53 Å². The van der Waals surface area contributed by atoms with E-state index in [1.807, 2.05) is 13.8 Å². The second kappa shape index (κ2) is 9.34. The largest absolute Gasteiger partial charge is 0.380 e. The molecule has 4 heteroatoms. The summed E-state index contributed by atoms with van der Waals surface area (Å²) in [5.74, 6) is 0.980. The van der Waals surface area contributed by atoms with Crippen LogP contribution in [0.5, 0.6) is 0 Å². The Labute approximate surface area is 112 Å². The number of nitrogens with one attached hydrogen (secondary N) is 2. The molecular weight excluding hydrogens is 228 g/mol. The van der Waals surface area contributed by atoms with E-state index in [9.17, 15) is 4.79 Å². The standard InChI is InChI=1S/C14H30N2O2/c1-7-18-9-13(11(4)5)16-12(6)14(17)15-8-10(2)3/h10-13,16H,7-9H2,1-6H3,(H,15,17). The highest BCUT2D eigenvalue weighted by Crippen LogP contribution is 2.04. The van der Waals surface area contributed by atoms with Crippen molar-refractivity contribution >= 4 is 5.91 Å². The summed E-state index contributed by atoms with van der Waals surface area (Å²) < 4.78 is 5.44. The molecule has 0 saturated heterocycles. The van der Waals surface area contributed by atoms with E-state index in [2.05, 4.69) is 38.3 Å². The van der Waals surface area contributed by atoms with Crippen LogP contribution < -0.4 is 10.6 Å². The summed E-state index contributed by atoms with van der Waals surface area (Å²) in [5.41, 5.74) is 0. The van der Waals surface area contributed by atoms with Gasteiger partial charge in [-0.25, -0.2) is 0 Å². The highest BCUT2D eigenvalue weighted by molar-refractivity contribution is 5.81. The van der Waals surface area contributed by atoms with Crippen LogP contribution in [0, 0.1) is 11.8 Å². The maximum absolute atomic E-state index is 11.9. The summed E-state index contributed by atoms with van der Waals surface area (Å²) in [5, 5.41) is 6.28. The lowest BCUT2D eigenvalue weighted by Gasteiger charge is -2.26. The third kappa shape index (κ3) is 7.67. The van der Waals surface area contributed by atoms with Gasteiger partial charge < -0.3 is 15.4 Å². The van der Waals surface area contributed by atoms with E-state index < -0.39 is 0 Å². The zero-order valence-corrected chi connectivity index (χ0v) is 12.7. The lowest BCUT2D eigenvalue weighted by molar-refractivity contribution is -0.123. The van der Waals surface area contributed by atoms with Crippen LogP contribution >= 0.6 is 0 Å². The molecule has 0 aromatic rings. The Morgan fingerprint density at radius 3 is 2.22 bits per heavy atom. The number of hydrogen-bond donors (Lipinski definition) is 2. The summed E-state index contributed by atoms with van der Waals surface area (Å²) in [7, 11) is 0. The van der Waals surface area contributed by atoms with E-state index in [1.54, 1.807) is 0 Å². The van der Waals surface area contributed by atoms with Crippen molar-refractivity contribution in [3.63, 3.8) is 0 Å². The van der Waals surface area contributed by atoms with E-state index in [-0.39, 0.29) is 18.0 Å². The summed E-state index contributed by atoms with van der Waals surface area (Å²) in [6.45, 7) is 14.4. The summed E-state index contributed by atoms with van der Waals surface area (Å²) in [6.07, 6.45) is 0. The topological polar surface area (TPSA) is 50.4 Å². The maximum atomic E-state index is 11.9. The first kappa shape index (κ1) is 17.4. The minimum Gasteiger partial charge on any atom is -0.380 e. The molecule has 0 aliphatic rings. The Kier molecular flexibility index (Phi) is 9.02. The Hall–Kier alpha value is -0.610. The second-order valence-corrected chi connectivity index (χ2v) is 5.54. The van der Waals surface area contributed by atoms with E-state index >= 15 is 0 Å². The maximum Gasteiger partial charge on any atom is 0.236 e. The third-order valence-corrected chi connectivity index (χ3v) is 2.85. The van der Waals surface area contributed by atoms with Crippen molar-refractivity contribution in [1.82, 2.24) is 10.6 Å². The van der Waals surface area contributed by atoms with Crippen LogP contribution in [0.4, 0.5) is 0 Å². The van der Waals surface area contributed by atoms with E-state index in [1.165, 1.54) is 0 Å². The molecule has 0 rings (SSSR count). The lowest BCUT2D eigenvalue weighted by Crippen LogP contribution is -2.50. The Balaban J connectivity index is 4.14. The minimum absolute atomic E-state index is 0.0610. The van der Waals surface area contributed by atoms with Gasteiger partial charge in [-0.3, -0.25) is 4.79 Å². The zero-order valence-electron chi connectivity index (χ0n) is 12.7. The molecule has 0 aliphatic heterocycles. The average Bonchev–Trinajstić information content (AvgIpc) is 2.30. The van der Waals surface area contributed by atoms with Gasteiger partial charge in [-0.05, 0) is 25.7 Å². The summed E-state index contributed by atoms with van der Waals surface area (Å²) >= 11 is 0. The highest BCUT2D eigenvalue weighted by Gasteiger charge is 2.20. The van der Waals surface area contributed by atoms with Gasteiger partial charge in [0.2, 0.25) is 5.91 Å². The lowest BCUT2D eigenvalue weighted by atomic mass is 10.0. The molecular formula is C14H30N2O2. The van der Waals surface area contributed by atoms with Gasteiger partial charge in [0, 0.05) is 19.2 Å². The highest BCUT2D eigenvalue weighted by atomic mass is 16.5. The van der Waals surface area contributed by atoms with Gasteiger partial charge in [-0.1, -0.05) is 27.7 Å². The number of rotatable bonds is 9. The SMILES string of the molecule is CCOCC(NC(C)C(=O)NCC(C)C)C(C)C. The van der Waals surface area contributed by atoms with Crippen molar-refractivity contribution in [1.29, 1.82) is 0 Å². The molecule has 0 radical (unpaired) electrons. The van der Waals surface area contributed by atoms with Crippen molar-refractivity contribution in [3.05, 3.63) is 0 Å². The molecule has 0 bridgehead atoms. The van der Waals surface area contributed by atoms with Gasteiger partial charge in [0.05, 0.1) is 12.6 Å². The fraction of sp³-hybridized carbons (Fsp3) is 0.929. The van der Waals surface area contributed by atoms with Gasteiger partial charge in [-0.15, -0.1) is 0 Å². The van der Waals surface area contributed by atoms with Crippen LogP contribution in [-0.4, -0.2) is 37.7 Å². The van der Waals surface area contributed by atoms with Gasteiger partial charge in [0.15, 0.2) is 0 Å². The summed E-state index contributed by atoms with van der Waals surface area (Å²) in [4.78, 5) is 11.9. The molecule has 0 aromatic heterocycles. The van der Waals surface area contributed by atoms with Crippen molar-refractivity contribution in [2.75, 3.05) is 19.8 Å². The van der Waals surface area contributed by atoms with Crippen LogP contribution in [-0.2, 0) is 9.53 Å². The van der Waals surface area contributed by atoms with Gasteiger partial charge in [0.1, 0.15) is 0 Å². The van der Waals surface area contributed by atoms with E-state index in [0.29, 0.717) is 25.0 Å². The normalized spacial score (nSPS) is 14.9. The quantitative estimate of drug-likeness (QED) is 0.663. The molecule has 0 fully saturated rings. The summed E-state index contributed by atoms with van der Waals surface area (Å²) in [6, 6.07) is 0.0290. The minimum atomic E-state index is -0.184. The first-order valence-electron chi connectivity index (χ1n) is 6.99. The van der Waals surface area contributed by atoms with Crippen molar-refractivity contribution in [2.24, 2.45) is 11.8 Å². The van der Waals surface area contributed by atoms with Gasteiger partial charge in [0.25, 0.3) is 0 Å². The second-order valence-electron chi connectivity index (χ2n) is 5.54. The molecule has 18 heavy (non-hydrogen) atoms. The molecule has 0 spiro atoms. The molecule has 1 amide bonds. The Bertz CT molecular complexity index is 230. The number of amides is 1. The first-order chi connectivity index (χ1) is 8.38. The first-order valence-corrected chi connectivity index (χ1v) is 6.99. The van der Waals surface area contributed by atoms with Crippen LogP contribution in [0.15, 0.2) is 0 Å². The van der Waals surface area contributed by atoms with Crippen LogP contribution in [0.2, 0.25) is 0 Å². The van der Waals surface area contributed by atoms with Crippen LogP contribution in [0.3, 0.4) is 0 Å². The molecule has 0 heterocycles. The van der Waals surface area contributed by atoms with E-state index in [0.717, 1.165) is 6.54 Å². The molecule has 0 aliphatic carbocycles. The predicted octanol–water partition coefficient (Wildman–Crippen LogP) is 1.80. The molecule has 2 unspecified atom stereocenters. The molecule has 2 N–H and O–H groups in total. The Morgan fingerprint density at radius 2 is 1.78 bits per heavy atom. The van der Waals surface area contributed by atoms with Crippen molar-refractivity contribution in [3.8, 4) is 0 Å². The molecule has 0 aromatic carbocycles. The molecule has 4 nitrogen and oxygen atoms in total. The number of hydrogen-bond acceptors (Lipinski definition) is 3. The average molecular weight is 258 g/mol. The predicted molar refractivity (Wildman–Crippen MR) is 75.6 cm³/mol.